The topological polar surface area (TPSA) is 17.1 Å². The minimum absolute atomic E-state index is 0.700. The second kappa shape index (κ2) is 3.40. The molecule has 0 aliphatic carbocycles. The van der Waals surface area contributed by atoms with E-state index in [1.165, 1.54) is 0 Å². The van der Waals surface area contributed by atoms with E-state index in [9.17, 15) is 22.4 Å². The third-order valence-corrected chi connectivity index (χ3v) is 1.83. The van der Waals surface area contributed by atoms with Crippen molar-refractivity contribution in [3.05, 3.63) is 34.4 Å². The van der Waals surface area contributed by atoms with E-state index in [0.29, 0.717) is 0 Å². The molecule has 0 radical (unpaired) electrons. The quantitative estimate of drug-likeness (QED) is 0.299. The van der Waals surface area contributed by atoms with Crippen molar-refractivity contribution in [1.82, 2.24) is 0 Å². The van der Waals surface area contributed by atoms with E-state index in [2.05, 4.69) is 0 Å². The fraction of sp³-hybridized carbons (Fsp3) is 0.222. The van der Waals surface area contributed by atoms with Gasteiger partial charge < -0.3 is 0 Å². The second-order valence-electron chi connectivity index (χ2n) is 2.81. The number of hydrogen-bond donors (Lipinski definition) is 0. The van der Waals surface area contributed by atoms with Crippen LogP contribution in [-0.4, -0.2) is 5.78 Å². The summed E-state index contributed by atoms with van der Waals surface area (Å²) in [4.78, 5) is 10.7. The van der Waals surface area contributed by atoms with Gasteiger partial charge in [-0.2, -0.15) is 0 Å². The lowest BCUT2D eigenvalue weighted by Crippen LogP contribution is -2.09. The molecule has 0 aliphatic heterocycles. The van der Waals surface area contributed by atoms with Gasteiger partial charge in [0, 0.05) is 5.56 Å². The Bertz CT molecular complexity index is 383. The van der Waals surface area contributed by atoms with E-state index in [-0.39, 0.29) is 0 Å². The number of Topliss-reactive ketones (excluding diaryl/α,β-unsaturated/α-hetero) is 1. The zero-order chi connectivity index (χ0) is 11.0. The Morgan fingerprint density at radius 2 is 1.43 bits per heavy atom. The van der Waals surface area contributed by atoms with Crippen molar-refractivity contribution in [2.24, 2.45) is 0 Å². The summed E-state index contributed by atoms with van der Waals surface area (Å²) in [6.07, 6.45) is 0. The number of benzene rings is 1. The molecule has 1 rings (SSSR count). The SMILES string of the molecule is CC(=O)c1c(F)c(C)c(F)c(F)c1F. The first kappa shape index (κ1) is 10.7. The first-order valence-corrected chi connectivity index (χ1v) is 3.71. The highest BCUT2D eigenvalue weighted by Crippen LogP contribution is 2.23. The van der Waals surface area contributed by atoms with Crippen LogP contribution in [0.4, 0.5) is 17.6 Å². The Kier molecular flexibility index (Phi) is 2.59. The van der Waals surface area contributed by atoms with Crippen LogP contribution in [0.3, 0.4) is 0 Å². The van der Waals surface area contributed by atoms with Crippen LogP contribution in [0.5, 0.6) is 0 Å². The summed E-state index contributed by atoms with van der Waals surface area (Å²) in [6, 6.07) is 0. The standard InChI is InChI=1S/C9H6F4O/c1-3-6(10)5(4(2)14)8(12)9(13)7(3)11/h1-2H3. The molecule has 5 heteroatoms. The highest BCUT2D eigenvalue weighted by molar-refractivity contribution is 5.94. The number of ketones is 1. The molecule has 1 aromatic rings. The fourth-order valence-electron chi connectivity index (χ4n) is 1.06. The molecule has 0 saturated carbocycles. The van der Waals surface area contributed by atoms with Crippen LogP contribution in [0.1, 0.15) is 22.8 Å². The van der Waals surface area contributed by atoms with Gasteiger partial charge in [-0.1, -0.05) is 0 Å². The van der Waals surface area contributed by atoms with E-state index in [1.807, 2.05) is 0 Å². The number of carbonyl (C=O) groups is 1. The maximum atomic E-state index is 13.1. The number of carbonyl (C=O) groups excluding carboxylic acids is 1. The molecule has 0 bridgehead atoms. The molecule has 0 saturated heterocycles. The largest absolute Gasteiger partial charge is 0.294 e. The Morgan fingerprint density at radius 3 is 1.86 bits per heavy atom. The lowest BCUT2D eigenvalue weighted by molar-refractivity contribution is 0.100. The molecule has 1 nitrogen and oxygen atoms in total. The average Bonchev–Trinajstić information content (AvgIpc) is 2.11. The van der Waals surface area contributed by atoms with Gasteiger partial charge in [-0.15, -0.1) is 0 Å². The minimum Gasteiger partial charge on any atom is -0.294 e. The Morgan fingerprint density at radius 1 is 0.929 bits per heavy atom. The van der Waals surface area contributed by atoms with Crippen molar-refractivity contribution in [2.45, 2.75) is 13.8 Å². The van der Waals surface area contributed by atoms with Gasteiger partial charge in [-0.05, 0) is 13.8 Å². The summed E-state index contributed by atoms with van der Waals surface area (Å²) in [5.41, 5.74) is -1.74. The van der Waals surface area contributed by atoms with Gasteiger partial charge in [0.25, 0.3) is 0 Å². The van der Waals surface area contributed by atoms with Gasteiger partial charge in [-0.3, -0.25) is 4.79 Å². The van der Waals surface area contributed by atoms with Gasteiger partial charge in [0.1, 0.15) is 5.82 Å². The van der Waals surface area contributed by atoms with Crippen molar-refractivity contribution in [2.75, 3.05) is 0 Å². The van der Waals surface area contributed by atoms with Crippen LogP contribution >= 0.6 is 0 Å². The van der Waals surface area contributed by atoms with E-state index >= 15 is 0 Å². The van der Waals surface area contributed by atoms with Gasteiger partial charge >= 0.3 is 0 Å². The summed E-state index contributed by atoms with van der Waals surface area (Å²) in [5, 5.41) is 0. The van der Waals surface area contributed by atoms with E-state index in [1.54, 1.807) is 0 Å². The Labute approximate surface area is 77.3 Å². The van der Waals surface area contributed by atoms with Crippen LogP contribution < -0.4 is 0 Å². The molecule has 0 unspecified atom stereocenters. The van der Waals surface area contributed by atoms with Crippen LogP contribution in [0.15, 0.2) is 0 Å². The molecule has 76 valence electrons. The van der Waals surface area contributed by atoms with Crippen molar-refractivity contribution in [1.29, 1.82) is 0 Å². The smallest absolute Gasteiger partial charge is 0.195 e. The number of rotatable bonds is 1. The number of hydrogen-bond acceptors (Lipinski definition) is 1. The normalized spacial score (nSPS) is 10.4. The molecule has 0 spiro atoms. The van der Waals surface area contributed by atoms with Crippen molar-refractivity contribution < 1.29 is 22.4 Å². The maximum absolute atomic E-state index is 13.1. The highest BCUT2D eigenvalue weighted by Gasteiger charge is 2.25. The molecule has 0 atom stereocenters. The van der Waals surface area contributed by atoms with E-state index in [0.717, 1.165) is 13.8 Å². The molecule has 1 aromatic carbocycles. The van der Waals surface area contributed by atoms with E-state index in [4.69, 9.17) is 0 Å². The molecule has 0 fully saturated rings. The van der Waals surface area contributed by atoms with Gasteiger partial charge in [0.05, 0.1) is 5.56 Å². The zero-order valence-corrected chi connectivity index (χ0v) is 7.42. The third kappa shape index (κ3) is 1.38. The van der Waals surface area contributed by atoms with Crippen molar-refractivity contribution >= 4 is 5.78 Å². The summed E-state index contributed by atoms with van der Waals surface area (Å²) >= 11 is 0. The minimum atomic E-state index is -1.82. The average molecular weight is 206 g/mol. The Balaban J connectivity index is 3.68. The maximum Gasteiger partial charge on any atom is 0.195 e. The molecule has 0 aromatic heterocycles. The molecule has 0 amide bonds. The first-order valence-electron chi connectivity index (χ1n) is 3.71. The summed E-state index contributed by atoms with van der Waals surface area (Å²) in [7, 11) is 0. The van der Waals surface area contributed by atoms with Crippen molar-refractivity contribution in [3.63, 3.8) is 0 Å². The van der Waals surface area contributed by atoms with Crippen LogP contribution in [0.2, 0.25) is 0 Å². The lowest BCUT2D eigenvalue weighted by atomic mass is 10.1. The van der Waals surface area contributed by atoms with Gasteiger partial charge in [0.2, 0.25) is 0 Å². The molecule has 0 N–H and O–H groups in total. The van der Waals surface area contributed by atoms with Crippen LogP contribution in [0, 0.1) is 30.2 Å². The van der Waals surface area contributed by atoms with Gasteiger partial charge in [0.15, 0.2) is 23.2 Å². The second-order valence-corrected chi connectivity index (χ2v) is 2.81. The Hall–Kier alpha value is -1.39. The number of halogens is 4. The molecular weight excluding hydrogens is 200 g/mol. The zero-order valence-electron chi connectivity index (χ0n) is 7.42. The van der Waals surface area contributed by atoms with Gasteiger partial charge in [-0.25, -0.2) is 17.6 Å². The predicted octanol–water partition coefficient (Wildman–Crippen LogP) is 2.75. The lowest BCUT2D eigenvalue weighted by Gasteiger charge is -2.06. The summed E-state index contributed by atoms with van der Waals surface area (Å²) in [6.45, 7) is 1.80. The predicted molar refractivity (Wildman–Crippen MR) is 41.0 cm³/mol. The summed E-state index contributed by atoms with van der Waals surface area (Å²) in [5.74, 6) is -7.55. The highest BCUT2D eigenvalue weighted by atomic mass is 19.2. The van der Waals surface area contributed by atoms with Crippen LogP contribution in [0.25, 0.3) is 0 Å². The van der Waals surface area contributed by atoms with Crippen LogP contribution in [-0.2, 0) is 0 Å². The summed E-state index contributed by atoms with van der Waals surface area (Å²) < 4.78 is 51.4. The molecule has 0 aliphatic rings. The fourth-order valence-corrected chi connectivity index (χ4v) is 1.06. The van der Waals surface area contributed by atoms with Crippen molar-refractivity contribution in [3.8, 4) is 0 Å². The third-order valence-electron chi connectivity index (χ3n) is 1.83. The van der Waals surface area contributed by atoms with E-state index < -0.39 is 40.2 Å². The first-order chi connectivity index (χ1) is 6.37. The molecule has 14 heavy (non-hydrogen) atoms. The molecular formula is C9H6F4O. The monoisotopic (exact) mass is 206 g/mol. The molecule has 0 heterocycles.